The summed E-state index contributed by atoms with van der Waals surface area (Å²) >= 11 is 0. The first-order chi connectivity index (χ1) is 17.5. The van der Waals surface area contributed by atoms with Crippen molar-refractivity contribution in [3.8, 4) is 0 Å². The van der Waals surface area contributed by atoms with E-state index in [4.69, 9.17) is 9.97 Å². The molecule has 0 aliphatic carbocycles. The van der Waals surface area contributed by atoms with Crippen molar-refractivity contribution in [1.82, 2.24) is 29.7 Å². The molecule has 5 rings (SSSR count). The number of piperazine rings is 1. The van der Waals surface area contributed by atoms with Crippen LogP contribution in [0.15, 0.2) is 43.2 Å². The van der Waals surface area contributed by atoms with Crippen molar-refractivity contribution in [2.24, 2.45) is 0 Å². The van der Waals surface area contributed by atoms with Crippen molar-refractivity contribution < 1.29 is 9.90 Å². The fraction of sp³-hybridized carbons (Fsp3) is 0.440. The lowest BCUT2D eigenvalue weighted by Gasteiger charge is -2.34. The highest BCUT2D eigenvalue weighted by Gasteiger charge is 2.27. The first kappa shape index (κ1) is 24.0. The van der Waals surface area contributed by atoms with Gasteiger partial charge >= 0.3 is 0 Å². The zero-order chi connectivity index (χ0) is 25.1. The SMILES string of the molecule is C=CC(=O)NC1CCN(c2nc(Nc3ccc(N4CCN(C)CC4)cc3)c3ncn(CCO)c3n2)C1. The molecule has 11 nitrogen and oxygen atoms in total. The molecule has 3 aromatic rings. The van der Waals surface area contributed by atoms with Crippen LogP contribution in [0.4, 0.5) is 23.1 Å². The van der Waals surface area contributed by atoms with E-state index >= 15 is 0 Å². The number of nitrogens with zero attached hydrogens (tertiary/aromatic N) is 7. The molecule has 0 bridgehead atoms. The quantitative estimate of drug-likeness (QED) is 0.400. The number of aromatic nitrogens is 4. The van der Waals surface area contributed by atoms with Gasteiger partial charge in [-0.25, -0.2) is 4.98 Å². The van der Waals surface area contributed by atoms with Crippen LogP contribution >= 0.6 is 0 Å². The highest BCUT2D eigenvalue weighted by atomic mass is 16.3. The predicted octanol–water partition coefficient (Wildman–Crippen LogP) is 1.19. The Labute approximate surface area is 210 Å². The summed E-state index contributed by atoms with van der Waals surface area (Å²) in [6, 6.07) is 8.39. The number of amides is 1. The van der Waals surface area contributed by atoms with Crippen LogP contribution in [0.3, 0.4) is 0 Å². The number of carbonyl (C=O) groups excluding carboxylic acids is 1. The van der Waals surface area contributed by atoms with Gasteiger partial charge in [0.05, 0.1) is 12.9 Å². The van der Waals surface area contributed by atoms with Crippen molar-refractivity contribution in [3.63, 3.8) is 0 Å². The maximum atomic E-state index is 11.7. The van der Waals surface area contributed by atoms with Crippen LogP contribution < -0.4 is 20.4 Å². The average Bonchev–Trinajstić information content (AvgIpc) is 3.53. The molecule has 1 amide bonds. The Morgan fingerprint density at radius 2 is 1.92 bits per heavy atom. The van der Waals surface area contributed by atoms with Gasteiger partial charge in [-0.05, 0) is 43.8 Å². The van der Waals surface area contributed by atoms with E-state index < -0.39 is 0 Å². The van der Waals surface area contributed by atoms with Gasteiger partial charge in [0.1, 0.15) is 0 Å². The van der Waals surface area contributed by atoms with Gasteiger partial charge < -0.3 is 35.0 Å². The van der Waals surface area contributed by atoms with Gasteiger partial charge in [0, 0.05) is 63.2 Å². The summed E-state index contributed by atoms with van der Waals surface area (Å²) < 4.78 is 1.83. The number of aliphatic hydroxyl groups is 1. The topological polar surface area (TPSA) is 115 Å². The van der Waals surface area contributed by atoms with Gasteiger partial charge in [-0.2, -0.15) is 9.97 Å². The van der Waals surface area contributed by atoms with E-state index in [2.05, 4.69) is 68.2 Å². The van der Waals surface area contributed by atoms with Crippen molar-refractivity contribution >= 4 is 40.2 Å². The van der Waals surface area contributed by atoms with Gasteiger partial charge in [0.2, 0.25) is 11.9 Å². The number of nitrogens with one attached hydrogen (secondary N) is 2. The molecule has 2 saturated heterocycles. The Balaban J connectivity index is 1.39. The smallest absolute Gasteiger partial charge is 0.243 e. The first-order valence-electron chi connectivity index (χ1n) is 12.4. The van der Waals surface area contributed by atoms with Gasteiger partial charge in [0.25, 0.3) is 0 Å². The Morgan fingerprint density at radius 3 is 2.64 bits per heavy atom. The molecule has 11 heteroatoms. The highest BCUT2D eigenvalue weighted by molar-refractivity contribution is 5.88. The minimum atomic E-state index is -0.179. The van der Waals surface area contributed by atoms with Gasteiger partial charge in [-0.1, -0.05) is 6.58 Å². The van der Waals surface area contributed by atoms with Gasteiger partial charge in [0.15, 0.2) is 17.0 Å². The molecular formula is C25H33N9O2. The third kappa shape index (κ3) is 5.12. The van der Waals surface area contributed by atoms with E-state index in [1.54, 1.807) is 6.33 Å². The Kier molecular flexibility index (Phi) is 7.01. The van der Waals surface area contributed by atoms with Gasteiger partial charge in [-0.15, -0.1) is 0 Å². The molecule has 2 aliphatic rings. The third-order valence-corrected chi connectivity index (χ3v) is 6.79. The summed E-state index contributed by atoms with van der Waals surface area (Å²) in [5, 5.41) is 15.9. The van der Waals surface area contributed by atoms with Crippen molar-refractivity contribution in [2.75, 3.05) is 68.0 Å². The summed E-state index contributed by atoms with van der Waals surface area (Å²) in [7, 11) is 2.16. The number of hydrogen-bond acceptors (Lipinski definition) is 9. The molecule has 1 atom stereocenters. The molecular weight excluding hydrogens is 458 g/mol. The number of benzene rings is 1. The molecule has 36 heavy (non-hydrogen) atoms. The molecule has 0 saturated carbocycles. The fourth-order valence-corrected chi connectivity index (χ4v) is 4.71. The lowest BCUT2D eigenvalue weighted by Crippen LogP contribution is -2.44. The first-order valence-corrected chi connectivity index (χ1v) is 12.4. The molecule has 4 heterocycles. The van der Waals surface area contributed by atoms with E-state index in [1.807, 2.05) is 4.57 Å². The largest absolute Gasteiger partial charge is 0.395 e. The van der Waals surface area contributed by atoms with Crippen LogP contribution in [0, 0.1) is 0 Å². The number of anilines is 4. The van der Waals surface area contributed by atoms with E-state index in [0.29, 0.717) is 36.0 Å². The minimum absolute atomic E-state index is 0.00989. The van der Waals surface area contributed by atoms with Crippen molar-refractivity contribution in [1.29, 1.82) is 0 Å². The molecule has 2 aromatic heterocycles. The van der Waals surface area contributed by atoms with Crippen molar-refractivity contribution in [2.45, 2.75) is 19.0 Å². The van der Waals surface area contributed by atoms with Crippen LogP contribution in [-0.4, -0.2) is 94.4 Å². The molecule has 3 N–H and O–H groups in total. The molecule has 2 fully saturated rings. The molecule has 0 radical (unpaired) electrons. The zero-order valence-corrected chi connectivity index (χ0v) is 20.6. The van der Waals surface area contributed by atoms with Crippen LogP contribution in [0.25, 0.3) is 11.2 Å². The Morgan fingerprint density at radius 1 is 1.14 bits per heavy atom. The van der Waals surface area contributed by atoms with E-state index in [-0.39, 0.29) is 18.6 Å². The zero-order valence-electron chi connectivity index (χ0n) is 20.6. The summed E-state index contributed by atoms with van der Waals surface area (Å²) in [6.07, 6.45) is 3.77. The number of aliphatic hydroxyl groups excluding tert-OH is 1. The van der Waals surface area contributed by atoms with E-state index in [1.165, 1.54) is 11.8 Å². The predicted molar refractivity (Wildman–Crippen MR) is 141 cm³/mol. The number of imidazole rings is 1. The number of hydrogen-bond donors (Lipinski definition) is 3. The summed E-state index contributed by atoms with van der Waals surface area (Å²) in [5.74, 6) is 0.994. The maximum Gasteiger partial charge on any atom is 0.243 e. The lowest BCUT2D eigenvalue weighted by molar-refractivity contribution is -0.117. The van der Waals surface area contributed by atoms with Crippen LogP contribution in [0.1, 0.15) is 6.42 Å². The second-order valence-electron chi connectivity index (χ2n) is 9.31. The number of carbonyl (C=O) groups is 1. The van der Waals surface area contributed by atoms with E-state index in [0.717, 1.165) is 44.8 Å². The third-order valence-electron chi connectivity index (χ3n) is 6.79. The Hall–Kier alpha value is -3.70. The summed E-state index contributed by atoms with van der Waals surface area (Å²) in [6.45, 7) is 9.40. The average molecular weight is 492 g/mol. The van der Waals surface area contributed by atoms with E-state index in [9.17, 15) is 9.90 Å². The molecule has 1 aromatic carbocycles. The van der Waals surface area contributed by atoms with Crippen LogP contribution in [0.2, 0.25) is 0 Å². The summed E-state index contributed by atoms with van der Waals surface area (Å²) in [5.41, 5.74) is 3.42. The highest BCUT2D eigenvalue weighted by Crippen LogP contribution is 2.28. The van der Waals surface area contributed by atoms with Crippen LogP contribution in [-0.2, 0) is 11.3 Å². The monoisotopic (exact) mass is 491 g/mol. The second kappa shape index (κ2) is 10.5. The normalized spacial score (nSPS) is 18.6. The molecule has 2 aliphatic heterocycles. The fourth-order valence-electron chi connectivity index (χ4n) is 4.71. The lowest BCUT2D eigenvalue weighted by atomic mass is 10.2. The summed E-state index contributed by atoms with van der Waals surface area (Å²) in [4.78, 5) is 32.7. The molecule has 0 spiro atoms. The van der Waals surface area contributed by atoms with Crippen molar-refractivity contribution in [3.05, 3.63) is 43.2 Å². The number of rotatable bonds is 8. The second-order valence-corrected chi connectivity index (χ2v) is 9.31. The van der Waals surface area contributed by atoms with Crippen LogP contribution in [0.5, 0.6) is 0 Å². The Bertz CT molecular complexity index is 1220. The molecule has 1 unspecified atom stereocenters. The maximum absolute atomic E-state index is 11.7. The van der Waals surface area contributed by atoms with Gasteiger partial charge in [-0.3, -0.25) is 4.79 Å². The number of fused-ring (bicyclic) bond motifs is 1. The standard InChI is InChI=1S/C25H33N9O2/c1-3-21(36)27-19-8-9-33(16-19)25-29-23(22-24(30-25)34(14-15-35)17-26-22)28-18-4-6-20(7-5-18)32-12-10-31(2)11-13-32/h3-7,17,19,35H,1,8-16H2,2H3,(H,27,36)(H,28,29,30). The minimum Gasteiger partial charge on any atom is -0.395 e. The molecule has 190 valence electrons. The number of likely N-dealkylation sites (N-methyl/N-ethyl adjacent to an activating group) is 1.